The molecule has 0 aliphatic rings. The Morgan fingerprint density at radius 3 is 2.76 bits per heavy atom. The van der Waals surface area contributed by atoms with Crippen molar-refractivity contribution in [1.29, 1.82) is 0 Å². The summed E-state index contributed by atoms with van der Waals surface area (Å²) in [6.45, 7) is 2.44. The minimum Gasteiger partial charge on any atom is -0.395 e. The molecule has 0 aliphatic carbocycles. The van der Waals surface area contributed by atoms with Crippen LogP contribution in [0.15, 0.2) is 16.5 Å². The first-order valence-corrected chi connectivity index (χ1v) is 5.03. The highest BCUT2D eigenvalue weighted by atomic mass is 32.1. The van der Waals surface area contributed by atoms with E-state index in [1.54, 1.807) is 0 Å². The summed E-state index contributed by atoms with van der Waals surface area (Å²) in [5.41, 5.74) is 4.64. The summed E-state index contributed by atoms with van der Waals surface area (Å²) in [7, 11) is 0. The highest BCUT2D eigenvalue weighted by Crippen LogP contribution is 2.14. The predicted octanol–water partition coefficient (Wildman–Crippen LogP) is 0.317. The fourth-order valence-electron chi connectivity index (χ4n) is 0.928. The molecule has 1 aromatic rings. The van der Waals surface area contributed by atoms with Crippen molar-refractivity contribution in [2.45, 2.75) is 6.92 Å². The van der Waals surface area contributed by atoms with E-state index in [1.165, 1.54) is 6.07 Å². The Morgan fingerprint density at radius 1 is 1.53 bits per heavy atom. The largest absolute Gasteiger partial charge is 0.433 e. The van der Waals surface area contributed by atoms with Crippen molar-refractivity contribution in [3.05, 3.63) is 28.0 Å². The molecule has 0 spiro atoms. The lowest BCUT2D eigenvalue weighted by atomic mass is 10.4. The Bertz CT molecular complexity index is 444. The Labute approximate surface area is 101 Å². The molecular formula is C8H10N4O4S. The quantitative estimate of drug-likeness (QED) is 0.407. The SMILES string of the molecule is CCNC(=S)NNC(=O)c1ccc([N+](=O)[O-])o1. The molecule has 0 unspecified atom stereocenters. The number of thiocarbonyl (C=S) groups is 1. The number of hydrogen-bond donors (Lipinski definition) is 3. The van der Waals surface area contributed by atoms with Crippen LogP contribution < -0.4 is 16.2 Å². The first kappa shape index (κ1) is 12.9. The molecule has 0 atom stereocenters. The lowest BCUT2D eigenvalue weighted by Gasteiger charge is -2.08. The normalized spacial score (nSPS) is 9.47. The maximum absolute atomic E-state index is 11.4. The number of hydrogen-bond acceptors (Lipinski definition) is 5. The lowest BCUT2D eigenvalue weighted by molar-refractivity contribution is -0.402. The van der Waals surface area contributed by atoms with Gasteiger partial charge in [0.05, 0.1) is 6.07 Å². The van der Waals surface area contributed by atoms with Crippen molar-refractivity contribution < 1.29 is 14.1 Å². The highest BCUT2D eigenvalue weighted by Gasteiger charge is 2.16. The molecule has 0 saturated carbocycles. The number of rotatable bonds is 3. The number of furan rings is 1. The number of hydrazine groups is 1. The molecule has 1 amide bonds. The Kier molecular flexibility index (Phi) is 4.40. The molecular weight excluding hydrogens is 248 g/mol. The number of nitrogens with one attached hydrogen (secondary N) is 3. The minimum atomic E-state index is -0.729. The topological polar surface area (TPSA) is 109 Å². The summed E-state index contributed by atoms with van der Waals surface area (Å²) < 4.78 is 4.68. The highest BCUT2D eigenvalue weighted by molar-refractivity contribution is 7.80. The van der Waals surface area contributed by atoms with Crippen molar-refractivity contribution in [3.8, 4) is 0 Å². The maximum atomic E-state index is 11.4. The molecule has 9 heteroatoms. The van der Waals surface area contributed by atoms with Crippen LogP contribution in [0.3, 0.4) is 0 Å². The lowest BCUT2D eigenvalue weighted by Crippen LogP contribution is -2.46. The van der Waals surface area contributed by atoms with E-state index in [2.05, 4.69) is 20.6 Å². The van der Waals surface area contributed by atoms with E-state index in [1.807, 2.05) is 6.92 Å². The van der Waals surface area contributed by atoms with Crippen LogP contribution in [0.1, 0.15) is 17.5 Å². The Hall–Kier alpha value is -2.16. The molecule has 3 N–H and O–H groups in total. The second kappa shape index (κ2) is 5.80. The van der Waals surface area contributed by atoms with Crippen LogP contribution >= 0.6 is 12.2 Å². The van der Waals surface area contributed by atoms with Crippen molar-refractivity contribution in [3.63, 3.8) is 0 Å². The first-order valence-electron chi connectivity index (χ1n) is 4.63. The maximum Gasteiger partial charge on any atom is 0.433 e. The summed E-state index contributed by atoms with van der Waals surface area (Å²) >= 11 is 4.79. The van der Waals surface area contributed by atoms with E-state index in [0.29, 0.717) is 6.54 Å². The van der Waals surface area contributed by atoms with Crippen LogP contribution in [-0.4, -0.2) is 22.5 Å². The molecule has 0 saturated heterocycles. The van der Waals surface area contributed by atoms with Gasteiger partial charge in [-0.3, -0.25) is 25.8 Å². The third-order valence-corrected chi connectivity index (χ3v) is 1.87. The zero-order valence-electron chi connectivity index (χ0n) is 8.85. The summed E-state index contributed by atoms with van der Waals surface area (Å²) in [4.78, 5) is 21.0. The van der Waals surface area contributed by atoms with Crippen LogP contribution in [0.5, 0.6) is 0 Å². The first-order chi connectivity index (χ1) is 8.04. The van der Waals surface area contributed by atoms with Crippen LogP contribution in [0, 0.1) is 10.1 Å². The molecule has 0 fully saturated rings. The van der Waals surface area contributed by atoms with Gasteiger partial charge in [0, 0.05) is 6.54 Å². The molecule has 0 radical (unpaired) electrons. The number of carbonyl (C=O) groups is 1. The predicted molar refractivity (Wildman–Crippen MR) is 62.2 cm³/mol. The molecule has 1 aromatic heterocycles. The van der Waals surface area contributed by atoms with Crippen LogP contribution in [0.2, 0.25) is 0 Å². The molecule has 92 valence electrons. The standard InChI is InChI=1S/C8H10N4O4S/c1-2-9-8(17)11-10-7(13)5-3-4-6(16-5)12(14)15/h3-4H,2H2,1H3,(H,10,13)(H2,9,11,17). The van der Waals surface area contributed by atoms with Crippen molar-refractivity contribution in [2.75, 3.05) is 6.54 Å². The van der Waals surface area contributed by atoms with Crippen LogP contribution in [0.25, 0.3) is 0 Å². The van der Waals surface area contributed by atoms with Crippen molar-refractivity contribution >= 4 is 29.1 Å². The Morgan fingerprint density at radius 2 is 2.24 bits per heavy atom. The van der Waals surface area contributed by atoms with Gasteiger partial charge in [0.1, 0.15) is 4.92 Å². The van der Waals surface area contributed by atoms with Crippen LogP contribution in [0.4, 0.5) is 5.88 Å². The summed E-state index contributed by atoms with van der Waals surface area (Å²) in [6, 6.07) is 2.29. The second-order valence-electron chi connectivity index (χ2n) is 2.83. The van der Waals surface area contributed by atoms with Gasteiger partial charge >= 0.3 is 11.8 Å². The monoisotopic (exact) mass is 258 g/mol. The Balaban J connectivity index is 2.52. The average Bonchev–Trinajstić information content (AvgIpc) is 2.75. The molecule has 17 heavy (non-hydrogen) atoms. The zero-order valence-corrected chi connectivity index (χ0v) is 9.67. The number of nitro groups is 1. The second-order valence-corrected chi connectivity index (χ2v) is 3.24. The van der Waals surface area contributed by atoms with E-state index in [-0.39, 0.29) is 10.9 Å². The van der Waals surface area contributed by atoms with Gasteiger partial charge in [0.15, 0.2) is 5.11 Å². The third-order valence-electron chi connectivity index (χ3n) is 1.62. The summed E-state index contributed by atoms with van der Waals surface area (Å²) in [5, 5.41) is 13.3. The van der Waals surface area contributed by atoms with Gasteiger partial charge in [0.25, 0.3) is 0 Å². The average molecular weight is 258 g/mol. The van der Waals surface area contributed by atoms with Gasteiger partial charge in [-0.2, -0.15) is 0 Å². The van der Waals surface area contributed by atoms with E-state index in [4.69, 9.17) is 12.2 Å². The number of amides is 1. The van der Waals surface area contributed by atoms with Gasteiger partial charge in [-0.25, -0.2) is 0 Å². The summed E-state index contributed by atoms with van der Waals surface area (Å²) in [5.74, 6) is -1.33. The molecule has 0 aliphatic heterocycles. The van der Waals surface area contributed by atoms with Gasteiger partial charge in [-0.05, 0) is 25.2 Å². The van der Waals surface area contributed by atoms with E-state index < -0.39 is 16.7 Å². The minimum absolute atomic E-state index is 0.177. The molecule has 1 rings (SSSR count). The smallest absolute Gasteiger partial charge is 0.395 e. The van der Waals surface area contributed by atoms with Crippen LogP contribution in [-0.2, 0) is 0 Å². The van der Waals surface area contributed by atoms with Gasteiger partial charge in [-0.1, -0.05) is 0 Å². The van der Waals surface area contributed by atoms with Gasteiger partial charge in [-0.15, -0.1) is 0 Å². The van der Waals surface area contributed by atoms with E-state index in [9.17, 15) is 14.9 Å². The van der Waals surface area contributed by atoms with Crippen molar-refractivity contribution in [1.82, 2.24) is 16.2 Å². The van der Waals surface area contributed by atoms with Crippen molar-refractivity contribution in [2.24, 2.45) is 0 Å². The van der Waals surface area contributed by atoms with E-state index in [0.717, 1.165) is 6.07 Å². The van der Waals surface area contributed by atoms with Gasteiger partial charge in [0.2, 0.25) is 5.76 Å². The van der Waals surface area contributed by atoms with Gasteiger partial charge < -0.3 is 9.73 Å². The fraction of sp³-hybridized carbons (Fsp3) is 0.250. The van der Waals surface area contributed by atoms with E-state index >= 15 is 0 Å². The fourth-order valence-corrected chi connectivity index (χ4v) is 1.12. The molecule has 0 bridgehead atoms. The molecule has 0 aromatic carbocycles. The zero-order chi connectivity index (χ0) is 12.8. The third kappa shape index (κ3) is 3.72. The summed E-state index contributed by atoms with van der Waals surface area (Å²) in [6.07, 6.45) is 0. The number of carbonyl (C=O) groups excluding carboxylic acids is 1. The molecule has 1 heterocycles. The number of nitrogens with zero attached hydrogens (tertiary/aromatic N) is 1. The molecule has 8 nitrogen and oxygen atoms in total.